The molecule has 0 heterocycles. The average molecular weight is 225 g/mol. The minimum absolute atomic E-state index is 0.518. The van der Waals surface area contributed by atoms with Crippen LogP contribution < -0.4 is 5.32 Å². The van der Waals surface area contributed by atoms with Crippen molar-refractivity contribution in [3.05, 3.63) is 47.5 Å². The normalized spacial score (nSPS) is 11.2. The third-order valence-corrected chi connectivity index (χ3v) is 2.18. The summed E-state index contributed by atoms with van der Waals surface area (Å²) in [7, 11) is 0. The fraction of sp³-hybridized carbons (Fsp3) is 0.385. The first kappa shape index (κ1) is 12.8. The molecular weight excluding hydrogens is 208 g/mol. The highest BCUT2D eigenvalue weighted by atomic mass is 19.1. The van der Waals surface area contributed by atoms with Crippen LogP contribution in [0.15, 0.2) is 30.4 Å². The molecule has 0 unspecified atom stereocenters. The van der Waals surface area contributed by atoms with Gasteiger partial charge >= 0.3 is 0 Å². The Morgan fingerprint density at radius 2 is 1.81 bits per heavy atom. The summed E-state index contributed by atoms with van der Waals surface area (Å²) in [6, 6.07) is 3.60. The van der Waals surface area contributed by atoms with Crippen LogP contribution >= 0.6 is 0 Å². The molecule has 0 atom stereocenters. The predicted molar refractivity (Wildman–Crippen MR) is 62.4 cm³/mol. The minimum Gasteiger partial charge on any atom is -0.317 e. The van der Waals surface area contributed by atoms with Crippen molar-refractivity contribution in [1.82, 2.24) is 5.32 Å². The van der Waals surface area contributed by atoms with Gasteiger partial charge in [-0.1, -0.05) is 19.1 Å². The summed E-state index contributed by atoms with van der Waals surface area (Å²) in [5, 5.41) is 3.19. The van der Waals surface area contributed by atoms with Crippen LogP contribution in [0.4, 0.5) is 8.78 Å². The molecule has 1 nitrogen and oxygen atoms in total. The molecule has 0 fully saturated rings. The SMILES string of the molecule is CCNCC/C=C/Cc1cc(F)cc(F)c1. The molecule has 0 radical (unpaired) electrons. The maximum atomic E-state index is 12.8. The number of hydrogen-bond donors (Lipinski definition) is 1. The van der Waals surface area contributed by atoms with Gasteiger partial charge in [-0.2, -0.15) is 0 Å². The van der Waals surface area contributed by atoms with Gasteiger partial charge in [-0.25, -0.2) is 8.78 Å². The lowest BCUT2D eigenvalue weighted by Crippen LogP contribution is -2.12. The molecule has 0 aliphatic heterocycles. The predicted octanol–water partition coefficient (Wildman–Crippen LogP) is 3.06. The van der Waals surface area contributed by atoms with E-state index in [1.165, 1.54) is 12.1 Å². The number of hydrogen-bond acceptors (Lipinski definition) is 1. The zero-order valence-corrected chi connectivity index (χ0v) is 9.47. The zero-order chi connectivity index (χ0) is 11.8. The maximum absolute atomic E-state index is 12.8. The molecule has 1 aromatic rings. The molecular formula is C13H17F2N. The average Bonchev–Trinajstić information content (AvgIpc) is 2.22. The highest BCUT2D eigenvalue weighted by Crippen LogP contribution is 2.08. The fourth-order valence-corrected chi connectivity index (χ4v) is 1.43. The summed E-state index contributed by atoms with van der Waals surface area (Å²) >= 11 is 0. The molecule has 3 heteroatoms. The topological polar surface area (TPSA) is 12.0 Å². The van der Waals surface area contributed by atoms with Gasteiger partial charge in [0.05, 0.1) is 0 Å². The van der Waals surface area contributed by atoms with Crippen molar-refractivity contribution >= 4 is 0 Å². The molecule has 0 aromatic heterocycles. The highest BCUT2D eigenvalue weighted by Gasteiger charge is 1.98. The number of rotatable bonds is 6. The lowest BCUT2D eigenvalue weighted by atomic mass is 10.1. The molecule has 0 saturated carbocycles. The summed E-state index contributed by atoms with van der Waals surface area (Å²) < 4.78 is 25.7. The Labute approximate surface area is 95.2 Å². The molecule has 0 amide bonds. The van der Waals surface area contributed by atoms with Gasteiger partial charge in [-0.05, 0) is 43.6 Å². The van der Waals surface area contributed by atoms with Crippen molar-refractivity contribution in [1.29, 1.82) is 0 Å². The Morgan fingerprint density at radius 3 is 2.44 bits per heavy atom. The van der Waals surface area contributed by atoms with Crippen molar-refractivity contribution < 1.29 is 8.78 Å². The van der Waals surface area contributed by atoms with E-state index < -0.39 is 11.6 Å². The summed E-state index contributed by atoms with van der Waals surface area (Å²) in [6.45, 7) is 3.95. The Bertz CT molecular complexity index is 328. The Balaban J connectivity index is 2.36. The van der Waals surface area contributed by atoms with E-state index in [1.807, 2.05) is 12.2 Å². The van der Waals surface area contributed by atoms with Crippen molar-refractivity contribution in [3.8, 4) is 0 Å². The monoisotopic (exact) mass is 225 g/mol. The molecule has 16 heavy (non-hydrogen) atoms. The number of benzene rings is 1. The standard InChI is InChI=1S/C13H17F2N/c1-2-16-7-5-3-4-6-11-8-12(14)10-13(15)9-11/h3-4,8-10,16H,2,5-7H2,1H3/b4-3+. The van der Waals surface area contributed by atoms with Crippen molar-refractivity contribution in [2.75, 3.05) is 13.1 Å². The first-order valence-corrected chi connectivity index (χ1v) is 5.53. The van der Waals surface area contributed by atoms with E-state index in [4.69, 9.17) is 0 Å². The number of halogens is 2. The van der Waals surface area contributed by atoms with Crippen LogP contribution in [0, 0.1) is 11.6 Å². The molecule has 0 saturated heterocycles. The number of nitrogens with one attached hydrogen (secondary N) is 1. The first-order valence-electron chi connectivity index (χ1n) is 5.53. The molecule has 88 valence electrons. The van der Waals surface area contributed by atoms with Gasteiger partial charge in [0.25, 0.3) is 0 Å². The summed E-state index contributed by atoms with van der Waals surface area (Å²) in [5.74, 6) is -1.04. The van der Waals surface area contributed by atoms with Gasteiger partial charge in [0.2, 0.25) is 0 Å². The second kappa shape index (κ2) is 7.12. The van der Waals surface area contributed by atoms with Crippen LogP contribution in [0.25, 0.3) is 0 Å². The zero-order valence-electron chi connectivity index (χ0n) is 9.47. The summed E-state index contributed by atoms with van der Waals surface area (Å²) in [5.41, 5.74) is 0.664. The molecule has 1 aromatic carbocycles. The van der Waals surface area contributed by atoms with E-state index in [0.29, 0.717) is 12.0 Å². The van der Waals surface area contributed by atoms with Gasteiger partial charge in [0, 0.05) is 6.07 Å². The van der Waals surface area contributed by atoms with E-state index in [0.717, 1.165) is 25.6 Å². The van der Waals surface area contributed by atoms with Crippen LogP contribution in [-0.2, 0) is 6.42 Å². The van der Waals surface area contributed by atoms with Gasteiger partial charge in [0.15, 0.2) is 0 Å². The van der Waals surface area contributed by atoms with Crippen molar-refractivity contribution in [2.45, 2.75) is 19.8 Å². The van der Waals surface area contributed by atoms with Crippen LogP contribution in [0.5, 0.6) is 0 Å². The van der Waals surface area contributed by atoms with Crippen LogP contribution in [-0.4, -0.2) is 13.1 Å². The van der Waals surface area contributed by atoms with Gasteiger partial charge < -0.3 is 5.32 Å². The van der Waals surface area contributed by atoms with Crippen LogP contribution in [0.2, 0.25) is 0 Å². The largest absolute Gasteiger partial charge is 0.317 e. The van der Waals surface area contributed by atoms with E-state index >= 15 is 0 Å². The van der Waals surface area contributed by atoms with Crippen molar-refractivity contribution in [3.63, 3.8) is 0 Å². The van der Waals surface area contributed by atoms with Gasteiger partial charge in [0.1, 0.15) is 11.6 Å². The first-order chi connectivity index (χ1) is 7.72. The summed E-state index contributed by atoms with van der Waals surface area (Å²) in [4.78, 5) is 0. The summed E-state index contributed by atoms with van der Waals surface area (Å²) in [6.07, 6.45) is 5.46. The van der Waals surface area contributed by atoms with E-state index in [9.17, 15) is 8.78 Å². The van der Waals surface area contributed by atoms with Crippen LogP contribution in [0.3, 0.4) is 0 Å². The smallest absolute Gasteiger partial charge is 0.126 e. The Hall–Kier alpha value is -1.22. The van der Waals surface area contributed by atoms with E-state index in [-0.39, 0.29) is 0 Å². The molecule has 0 bridgehead atoms. The van der Waals surface area contributed by atoms with Crippen molar-refractivity contribution in [2.24, 2.45) is 0 Å². The number of allylic oxidation sites excluding steroid dienone is 1. The second-order valence-corrected chi connectivity index (χ2v) is 3.60. The fourth-order valence-electron chi connectivity index (χ4n) is 1.43. The second-order valence-electron chi connectivity index (χ2n) is 3.60. The molecule has 0 spiro atoms. The van der Waals surface area contributed by atoms with Gasteiger partial charge in [-0.3, -0.25) is 0 Å². The Kier molecular flexibility index (Phi) is 5.72. The molecule has 0 aliphatic rings. The quantitative estimate of drug-likeness (QED) is 0.579. The highest BCUT2D eigenvalue weighted by molar-refractivity contribution is 5.20. The van der Waals surface area contributed by atoms with E-state index in [2.05, 4.69) is 12.2 Å². The minimum atomic E-state index is -0.518. The molecule has 1 N–H and O–H groups in total. The van der Waals surface area contributed by atoms with Gasteiger partial charge in [-0.15, -0.1) is 0 Å². The third kappa shape index (κ3) is 5.03. The Morgan fingerprint density at radius 1 is 1.12 bits per heavy atom. The molecule has 1 rings (SSSR count). The maximum Gasteiger partial charge on any atom is 0.126 e. The lowest BCUT2D eigenvalue weighted by molar-refractivity contribution is 0.580. The third-order valence-electron chi connectivity index (χ3n) is 2.18. The lowest BCUT2D eigenvalue weighted by Gasteiger charge is -1.98. The van der Waals surface area contributed by atoms with E-state index in [1.54, 1.807) is 0 Å². The molecule has 0 aliphatic carbocycles. The van der Waals surface area contributed by atoms with Crippen LogP contribution in [0.1, 0.15) is 18.9 Å².